The van der Waals surface area contributed by atoms with E-state index in [-0.39, 0.29) is 11.5 Å². The Kier molecular flexibility index (Phi) is 5.84. The van der Waals surface area contributed by atoms with Crippen LogP contribution in [0.15, 0.2) is 132 Å². The molecule has 50 heavy (non-hydrogen) atoms. The predicted octanol–water partition coefficient (Wildman–Crippen LogP) is 11.6. The molecule has 0 spiro atoms. The number of benzene rings is 6. The number of furan rings is 1. The maximum atomic E-state index is 6.96. The molecule has 6 aromatic carbocycles. The normalized spacial score (nSPS) is 20.4. The Bertz CT molecular complexity index is 2670. The first kappa shape index (κ1) is 28.1. The van der Waals surface area contributed by atoms with E-state index in [1.165, 1.54) is 46.2 Å². The molecule has 1 aliphatic heterocycles. The summed E-state index contributed by atoms with van der Waals surface area (Å²) in [5, 5.41) is 3.18. The van der Waals surface area contributed by atoms with Gasteiger partial charge in [-0.15, -0.1) is 0 Å². The number of hydrogen-bond donors (Lipinski definition) is 0. The smallest absolute Gasteiger partial charge is 0.161 e. The highest BCUT2D eigenvalue weighted by molar-refractivity contribution is 6.14. The first-order valence-corrected chi connectivity index (χ1v) is 17.9. The average Bonchev–Trinajstić information content (AvgIpc) is 3.83. The third kappa shape index (κ3) is 3.76. The van der Waals surface area contributed by atoms with Gasteiger partial charge in [-0.25, -0.2) is 9.97 Å². The summed E-state index contributed by atoms with van der Waals surface area (Å²) in [6.45, 7) is 2.42. The van der Waals surface area contributed by atoms with Crippen molar-refractivity contribution in [3.05, 3.63) is 150 Å². The number of nitrogens with zero attached hydrogens (tertiary/aromatic N) is 2. The van der Waals surface area contributed by atoms with E-state index in [1.807, 2.05) is 12.1 Å². The van der Waals surface area contributed by atoms with Gasteiger partial charge in [-0.3, -0.25) is 0 Å². The van der Waals surface area contributed by atoms with E-state index in [0.717, 1.165) is 68.3 Å². The SMILES string of the molecule is CC1(c2ccccc2)c2ccccc2-c2c(-c3nc(-c4cccc5oc6ccccc6c45)c4ccccc4n3)cc3c(c21)C1CCCCC1O3. The number of para-hydroxylation sites is 2. The lowest BCUT2D eigenvalue weighted by molar-refractivity contribution is 0.164. The van der Waals surface area contributed by atoms with Gasteiger partial charge in [-0.05, 0) is 78.3 Å². The molecule has 4 heteroatoms. The third-order valence-electron chi connectivity index (χ3n) is 11.8. The predicted molar refractivity (Wildman–Crippen MR) is 201 cm³/mol. The van der Waals surface area contributed by atoms with E-state index >= 15 is 0 Å². The zero-order valence-corrected chi connectivity index (χ0v) is 27.8. The second-order valence-electron chi connectivity index (χ2n) is 14.4. The first-order chi connectivity index (χ1) is 24.7. The van der Waals surface area contributed by atoms with Gasteiger partial charge < -0.3 is 9.15 Å². The highest BCUT2D eigenvalue weighted by atomic mass is 16.5. The van der Waals surface area contributed by atoms with Gasteiger partial charge in [0.1, 0.15) is 23.0 Å². The fourth-order valence-electron chi connectivity index (χ4n) is 9.56. The third-order valence-corrected chi connectivity index (χ3v) is 11.8. The maximum absolute atomic E-state index is 6.96. The Labute approximate surface area is 290 Å². The van der Waals surface area contributed by atoms with E-state index < -0.39 is 0 Å². The molecule has 0 N–H and O–H groups in total. The van der Waals surface area contributed by atoms with Gasteiger partial charge in [-0.1, -0.05) is 110 Å². The summed E-state index contributed by atoms with van der Waals surface area (Å²) in [7, 11) is 0. The fourth-order valence-corrected chi connectivity index (χ4v) is 9.56. The summed E-state index contributed by atoms with van der Waals surface area (Å²) < 4.78 is 13.3. The molecule has 0 amide bonds. The Morgan fingerprint density at radius 2 is 1.40 bits per heavy atom. The van der Waals surface area contributed by atoms with Crippen molar-refractivity contribution in [1.29, 1.82) is 0 Å². The molecule has 11 rings (SSSR count). The summed E-state index contributed by atoms with van der Waals surface area (Å²) in [5.74, 6) is 2.11. The molecule has 240 valence electrons. The molecule has 3 unspecified atom stereocenters. The molecule has 3 heterocycles. The second-order valence-corrected chi connectivity index (χ2v) is 14.4. The van der Waals surface area contributed by atoms with Gasteiger partial charge >= 0.3 is 0 Å². The summed E-state index contributed by atoms with van der Waals surface area (Å²) in [6.07, 6.45) is 4.91. The van der Waals surface area contributed by atoms with Crippen LogP contribution in [0.1, 0.15) is 60.8 Å². The molecular formula is C46H34N2O2. The van der Waals surface area contributed by atoms with Crippen molar-refractivity contribution in [3.63, 3.8) is 0 Å². The van der Waals surface area contributed by atoms with E-state index in [9.17, 15) is 0 Å². The molecule has 8 aromatic rings. The van der Waals surface area contributed by atoms with Crippen molar-refractivity contribution in [2.24, 2.45) is 0 Å². The molecule has 2 aliphatic carbocycles. The number of fused-ring (bicyclic) bond motifs is 11. The van der Waals surface area contributed by atoms with Crippen molar-refractivity contribution in [2.75, 3.05) is 0 Å². The molecule has 4 nitrogen and oxygen atoms in total. The van der Waals surface area contributed by atoms with Crippen LogP contribution in [0.2, 0.25) is 0 Å². The largest absolute Gasteiger partial charge is 0.489 e. The van der Waals surface area contributed by atoms with Crippen LogP contribution in [-0.4, -0.2) is 16.1 Å². The lowest BCUT2D eigenvalue weighted by atomic mass is 9.69. The molecule has 1 saturated carbocycles. The topological polar surface area (TPSA) is 48.2 Å². The Hall–Kier alpha value is -5.74. The summed E-state index contributed by atoms with van der Waals surface area (Å²) >= 11 is 0. The van der Waals surface area contributed by atoms with Crippen LogP contribution in [0.3, 0.4) is 0 Å². The lowest BCUT2D eigenvalue weighted by Crippen LogP contribution is -2.27. The van der Waals surface area contributed by atoms with Gasteiger partial charge in [0.2, 0.25) is 0 Å². The zero-order chi connectivity index (χ0) is 33.0. The molecule has 1 fully saturated rings. The standard InChI is InChI=1S/C46H34N2O2/c1-46(27-14-3-2-4-15-27)34-21-9-5-16-28(34)41-33(26-39-42(43(41)46)31-19-8-12-24-37(31)50-39)45-47-35-22-10-6-17-29(35)44(48-45)32-20-13-25-38-40(32)30-18-7-11-23-36(30)49-38/h2-7,9-11,13-18,20-23,25-26,31,37H,8,12,19,24H2,1H3. The number of ether oxygens (including phenoxy) is 1. The van der Waals surface area contributed by atoms with Crippen LogP contribution in [-0.2, 0) is 5.41 Å². The quantitative estimate of drug-likeness (QED) is 0.192. The number of hydrogen-bond acceptors (Lipinski definition) is 4. The monoisotopic (exact) mass is 646 g/mol. The maximum Gasteiger partial charge on any atom is 0.161 e. The summed E-state index contributed by atoms with van der Waals surface area (Å²) in [4.78, 5) is 10.9. The highest BCUT2D eigenvalue weighted by Gasteiger charge is 2.49. The van der Waals surface area contributed by atoms with Crippen molar-refractivity contribution in [3.8, 4) is 39.5 Å². The second kappa shape index (κ2) is 10.4. The van der Waals surface area contributed by atoms with Gasteiger partial charge in [0.25, 0.3) is 0 Å². The van der Waals surface area contributed by atoms with Crippen molar-refractivity contribution in [1.82, 2.24) is 9.97 Å². The first-order valence-electron chi connectivity index (χ1n) is 17.9. The van der Waals surface area contributed by atoms with Gasteiger partial charge in [-0.2, -0.15) is 0 Å². The van der Waals surface area contributed by atoms with Gasteiger partial charge in [0, 0.05) is 44.2 Å². The lowest BCUT2D eigenvalue weighted by Gasteiger charge is -2.32. The van der Waals surface area contributed by atoms with Crippen molar-refractivity contribution in [2.45, 2.75) is 50.0 Å². The minimum Gasteiger partial charge on any atom is -0.489 e. The molecule has 0 bridgehead atoms. The van der Waals surface area contributed by atoms with Gasteiger partial charge in [0.15, 0.2) is 5.82 Å². The van der Waals surface area contributed by atoms with Crippen molar-refractivity contribution >= 4 is 32.8 Å². The van der Waals surface area contributed by atoms with Gasteiger partial charge in [0.05, 0.1) is 11.2 Å². The van der Waals surface area contributed by atoms with E-state index in [0.29, 0.717) is 11.7 Å². The minimum atomic E-state index is -0.357. The molecular weight excluding hydrogens is 613 g/mol. The van der Waals surface area contributed by atoms with E-state index in [1.54, 1.807) is 0 Å². The van der Waals surface area contributed by atoms with E-state index in [2.05, 4.69) is 122 Å². The fraction of sp³-hybridized carbons (Fsp3) is 0.174. The molecule has 0 radical (unpaired) electrons. The molecule has 3 atom stereocenters. The Balaban J connectivity index is 1.25. The van der Waals surface area contributed by atoms with Crippen LogP contribution in [0, 0.1) is 0 Å². The number of aromatic nitrogens is 2. The number of rotatable bonds is 3. The Morgan fingerprint density at radius 1 is 0.660 bits per heavy atom. The van der Waals surface area contributed by atoms with Crippen LogP contribution in [0.25, 0.3) is 66.6 Å². The Morgan fingerprint density at radius 3 is 2.32 bits per heavy atom. The van der Waals surface area contributed by atoms with Crippen LogP contribution >= 0.6 is 0 Å². The van der Waals surface area contributed by atoms with Crippen LogP contribution in [0.5, 0.6) is 5.75 Å². The summed E-state index contributed by atoms with van der Waals surface area (Å²) in [6, 6.07) is 45.3. The van der Waals surface area contributed by atoms with Crippen LogP contribution < -0.4 is 4.74 Å². The van der Waals surface area contributed by atoms with Crippen LogP contribution in [0.4, 0.5) is 0 Å². The minimum absolute atomic E-state index is 0.210. The molecule has 0 saturated heterocycles. The van der Waals surface area contributed by atoms with E-state index in [4.69, 9.17) is 19.1 Å². The van der Waals surface area contributed by atoms with Crippen molar-refractivity contribution < 1.29 is 9.15 Å². The zero-order valence-electron chi connectivity index (χ0n) is 27.8. The molecule has 2 aromatic heterocycles. The average molecular weight is 647 g/mol. The molecule has 3 aliphatic rings. The summed E-state index contributed by atoms with van der Waals surface area (Å²) in [5.41, 5.74) is 13.2. The highest BCUT2D eigenvalue weighted by Crippen LogP contribution is 2.62.